The Kier molecular flexibility index (Phi) is 6.40. The van der Waals surface area contributed by atoms with E-state index in [9.17, 15) is 9.59 Å². The van der Waals surface area contributed by atoms with Gasteiger partial charge in [-0.3, -0.25) is 4.79 Å². The Morgan fingerprint density at radius 3 is 2.45 bits per heavy atom. The minimum atomic E-state index is -0.428. The zero-order chi connectivity index (χ0) is 20.6. The molecule has 1 aromatic heterocycles. The van der Waals surface area contributed by atoms with E-state index < -0.39 is 5.91 Å². The third-order valence-corrected chi connectivity index (χ3v) is 4.40. The van der Waals surface area contributed by atoms with Crippen LogP contribution >= 0.6 is 0 Å². The summed E-state index contributed by atoms with van der Waals surface area (Å²) in [5.41, 5.74) is 7.49. The first-order valence-electron chi connectivity index (χ1n) is 9.07. The van der Waals surface area contributed by atoms with Crippen LogP contribution in [0, 0.1) is 11.3 Å². The van der Waals surface area contributed by atoms with Gasteiger partial charge in [0.2, 0.25) is 0 Å². The summed E-state index contributed by atoms with van der Waals surface area (Å²) in [5, 5.41) is 17.5. The predicted molar refractivity (Wildman–Crippen MR) is 110 cm³/mol. The number of nitriles is 1. The van der Waals surface area contributed by atoms with Crippen molar-refractivity contribution < 1.29 is 9.59 Å². The largest absolute Gasteiger partial charge is 0.404 e. The maximum Gasteiger partial charge on any atom is 0.321 e. The predicted octanol–water partition coefficient (Wildman–Crippen LogP) is 1.33. The Labute approximate surface area is 168 Å². The van der Waals surface area contributed by atoms with Gasteiger partial charge < -0.3 is 26.6 Å². The van der Waals surface area contributed by atoms with Crippen LogP contribution in [-0.2, 0) is 4.79 Å². The highest BCUT2D eigenvalue weighted by molar-refractivity contribution is 6.25. The van der Waals surface area contributed by atoms with Crippen molar-refractivity contribution in [1.82, 2.24) is 15.2 Å². The van der Waals surface area contributed by atoms with E-state index in [-0.39, 0.29) is 11.6 Å². The summed E-state index contributed by atoms with van der Waals surface area (Å²) in [6.07, 6.45) is 2.68. The van der Waals surface area contributed by atoms with Crippen LogP contribution in [0.5, 0.6) is 0 Å². The fraction of sp³-hybridized carbons (Fsp3) is 0.200. The summed E-state index contributed by atoms with van der Waals surface area (Å²) in [6, 6.07) is 11.6. The maximum absolute atomic E-state index is 12.5. The number of anilines is 2. The summed E-state index contributed by atoms with van der Waals surface area (Å²) in [4.78, 5) is 30.6. The van der Waals surface area contributed by atoms with Crippen molar-refractivity contribution in [3.05, 3.63) is 59.9 Å². The number of nitrogens with one attached hydrogen (secondary N) is 3. The lowest BCUT2D eigenvalue weighted by Crippen LogP contribution is -2.48. The third kappa shape index (κ3) is 5.09. The van der Waals surface area contributed by atoms with Crippen molar-refractivity contribution in [2.45, 2.75) is 0 Å². The van der Waals surface area contributed by atoms with E-state index in [1.54, 1.807) is 41.3 Å². The van der Waals surface area contributed by atoms with Crippen molar-refractivity contribution in [3.63, 3.8) is 0 Å². The molecule has 148 valence electrons. The van der Waals surface area contributed by atoms with Gasteiger partial charge in [0.1, 0.15) is 5.82 Å². The molecule has 1 aliphatic rings. The van der Waals surface area contributed by atoms with Gasteiger partial charge in [0.05, 0.1) is 29.1 Å². The van der Waals surface area contributed by atoms with Gasteiger partial charge in [0, 0.05) is 32.4 Å². The second-order valence-electron chi connectivity index (χ2n) is 6.32. The van der Waals surface area contributed by atoms with E-state index in [0.29, 0.717) is 35.7 Å². The Bertz CT molecular complexity index is 940. The van der Waals surface area contributed by atoms with Crippen LogP contribution in [0.2, 0.25) is 0 Å². The Hall–Kier alpha value is -3.90. The molecular weight excluding hydrogens is 370 g/mol. The second kappa shape index (κ2) is 9.34. The molecule has 0 unspecified atom stereocenters. The number of hydrogen-bond acceptors (Lipinski definition) is 6. The van der Waals surface area contributed by atoms with Gasteiger partial charge in [0.25, 0.3) is 5.91 Å². The van der Waals surface area contributed by atoms with E-state index in [2.05, 4.69) is 20.9 Å². The Morgan fingerprint density at radius 2 is 1.86 bits per heavy atom. The van der Waals surface area contributed by atoms with E-state index in [1.807, 2.05) is 6.07 Å². The van der Waals surface area contributed by atoms with Crippen molar-refractivity contribution >= 4 is 29.0 Å². The number of benzene rings is 1. The molecule has 0 radical (unpaired) electrons. The van der Waals surface area contributed by atoms with Gasteiger partial charge >= 0.3 is 6.03 Å². The number of nitrogens with two attached hydrogens (primary N) is 1. The highest BCUT2D eigenvalue weighted by Gasteiger charge is 2.16. The molecule has 9 heteroatoms. The molecule has 3 amide bonds. The zero-order valence-corrected chi connectivity index (χ0v) is 15.7. The Morgan fingerprint density at radius 1 is 1.14 bits per heavy atom. The quantitative estimate of drug-likeness (QED) is 0.581. The normalized spacial score (nSPS) is 14.0. The van der Waals surface area contributed by atoms with Crippen LogP contribution in [0.15, 0.2) is 48.8 Å². The molecular formula is C20H21N7O2. The number of aromatic nitrogens is 1. The number of urea groups is 1. The van der Waals surface area contributed by atoms with Gasteiger partial charge in [-0.1, -0.05) is 12.1 Å². The second-order valence-corrected chi connectivity index (χ2v) is 6.32. The monoisotopic (exact) mass is 391 g/mol. The maximum atomic E-state index is 12.5. The molecule has 1 saturated heterocycles. The fourth-order valence-corrected chi connectivity index (χ4v) is 2.82. The molecule has 0 spiro atoms. The number of pyridine rings is 1. The number of carbonyl (C=O) groups excluding carboxylic acids is 2. The number of rotatable bonds is 4. The van der Waals surface area contributed by atoms with Crippen molar-refractivity contribution in [2.24, 2.45) is 5.73 Å². The summed E-state index contributed by atoms with van der Waals surface area (Å²) < 4.78 is 0. The number of carbonyl (C=O) groups is 2. The van der Waals surface area contributed by atoms with Crippen LogP contribution in [-0.4, -0.2) is 48.0 Å². The van der Waals surface area contributed by atoms with Crippen LogP contribution in [0.1, 0.15) is 11.1 Å². The van der Waals surface area contributed by atoms with Gasteiger partial charge in [0.15, 0.2) is 0 Å². The molecule has 2 heterocycles. The lowest BCUT2D eigenvalue weighted by molar-refractivity contribution is -0.111. The standard InChI is InChI=1S/C20H21N7O2/c21-11-14-1-3-15(4-2-14)17(12-22)19(28)26-18-6-5-16(13-24-18)25-20(29)27-9-7-23-8-10-27/h1-6,12-13,23H,7-10,22H2,(H,25,29)(H,24,26,28). The molecule has 0 bridgehead atoms. The number of amides is 3. The van der Waals surface area contributed by atoms with Crippen LogP contribution in [0.25, 0.3) is 5.57 Å². The van der Waals surface area contributed by atoms with Gasteiger partial charge in [-0.25, -0.2) is 9.78 Å². The molecule has 0 saturated carbocycles. The minimum Gasteiger partial charge on any atom is -0.404 e. The first-order valence-corrected chi connectivity index (χ1v) is 9.07. The molecule has 0 atom stereocenters. The highest BCUT2D eigenvalue weighted by atomic mass is 16.2. The smallest absolute Gasteiger partial charge is 0.321 e. The molecule has 2 aromatic rings. The average molecular weight is 391 g/mol. The number of nitrogens with zero attached hydrogens (tertiary/aromatic N) is 3. The molecule has 5 N–H and O–H groups in total. The summed E-state index contributed by atoms with van der Waals surface area (Å²) in [5.74, 6) is -0.106. The van der Waals surface area contributed by atoms with Crippen LogP contribution in [0.4, 0.5) is 16.3 Å². The Balaban J connectivity index is 1.61. The molecule has 0 aliphatic carbocycles. The average Bonchev–Trinajstić information content (AvgIpc) is 2.76. The zero-order valence-electron chi connectivity index (χ0n) is 15.7. The fourth-order valence-electron chi connectivity index (χ4n) is 2.82. The van der Waals surface area contributed by atoms with Crippen molar-refractivity contribution in [2.75, 3.05) is 36.8 Å². The summed E-state index contributed by atoms with van der Waals surface area (Å²) in [7, 11) is 0. The summed E-state index contributed by atoms with van der Waals surface area (Å²) >= 11 is 0. The highest BCUT2D eigenvalue weighted by Crippen LogP contribution is 2.17. The molecule has 3 rings (SSSR count). The lowest BCUT2D eigenvalue weighted by atomic mass is 10.0. The summed E-state index contributed by atoms with van der Waals surface area (Å²) in [6.45, 7) is 2.84. The minimum absolute atomic E-state index is 0.181. The molecule has 9 nitrogen and oxygen atoms in total. The topological polar surface area (TPSA) is 136 Å². The first kappa shape index (κ1) is 19.9. The van der Waals surface area contributed by atoms with Crippen LogP contribution < -0.4 is 21.7 Å². The van der Waals surface area contributed by atoms with Gasteiger partial charge in [-0.2, -0.15) is 5.26 Å². The van der Waals surface area contributed by atoms with E-state index in [1.165, 1.54) is 12.4 Å². The number of piperazine rings is 1. The number of hydrogen-bond donors (Lipinski definition) is 4. The van der Waals surface area contributed by atoms with Crippen molar-refractivity contribution in [1.29, 1.82) is 5.26 Å². The molecule has 1 fully saturated rings. The van der Waals surface area contributed by atoms with E-state index in [0.717, 1.165) is 13.1 Å². The molecule has 29 heavy (non-hydrogen) atoms. The van der Waals surface area contributed by atoms with E-state index in [4.69, 9.17) is 11.0 Å². The van der Waals surface area contributed by atoms with Crippen molar-refractivity contribution in [3.8, 4) is 6.07 Å². The SMILES string of the molecule is N#Cc1ccc(C(=CN)C(=O)Nc2ccc(NC(=O)N3CCNCC3)cn2)cc1. The van der Waals surface area contributed by atoms with Gasteiger partial charge in [-0.15, -0.1) is 0 Å². The van der Waals surface area contributed by atoms with Crippen LogP contribution in [0.3, 0.4) is 0 Å². The van der Waals surface area contributed by atoms with Gasteiger partial charge in [-0.05, 0) is 29.8 Å². The first-order chi connectivity index (χ1) is 14.1. The lowest BCUT2D eigenvalue weighted by Gasteiger charge is -2.27. The molecule has 1 aliphatic heterocycles. The van der Waals surface area contributed by atoms with E-state index >= 15 is 0 Å². The molecule has 1 aromatic carbocycles. The third-order valence-electron chi connectivity index (χ3n) is 4.40.